The number of H-pyrrole nitrogens is 1. The molecule has 0 aliphatic heterocycles. The summed E-state index contributed by atoms with van der Waals surface area (Å²) >= 11 is 0. The Balaban J connectivity index is 1.73. The van der Waals surface area contributed by atoms with Crippen molar-refractivity contribution in [3.05, 3.63) is 5.82 Å². The zero-order chi connectivity index (χ0) is 23.3. The van der Waals surface area contributed by atoms with Gasteiger partial charge in [0.05, 0.1) is 0 Å². The molecule has 184 valence electrons. The Morgan fingerprint density at radius 1 is 0.812 bits per heavy atom. The molecule has 1 heterocycles. The summed E-state index contributed by atoms with van der Waals surface area (Å²) in [6.07, 6.45) is 21.0. The number of nitrogens with one attached hydrogen (secondary N) is 2. The number of aromatic amines is 1. The molecule has 0 radical (unpaired) electrons. The second-order valence-electron chi connectivity index (χ2n) is 9.28. The largest absolute Gasteiger partial charge is 0.356 e. The van der Waals surface area contributed by atoms with Crippen LogP contribution in [0.25, 0.3) is 0 Å². The van der Waals surface area contributed by atoms with E-state index in [-0.39, 0.29) is 17.6 Å². The zero-order valence-corrected chi connectivity index (χ0v) is 20.7. The Bertz CT molecular complexity index is 577. The lowest BCUT2D eigenvalue weighted by Crippen LogP contribution is -2.24. The van der Waals surface area contributed by atoms with Crippen molar-refractivity contribution in [2.24, 2.45) is 5.92 Å². The van der Waals surface area contributed by atoms with Crippen LogP contribution in [0.5, 0.6) is 0 Å². The zero-order valence-electron chi connectivity index (χ0n) is 20.7. The Morgan fingerprint density at radius 2 is 1.38 bits per heavy atom. The normalized spacial score (nSPS) is 12.1. The highest BCUT2D eigenvalue weighted by molar-refractivity contribution is 5.77. The molecule has 7 nitrogen and oxygen atoms in total. The predicted molar refractivity (Wildman–Crippen MR) is 129 cm³/mol. The molecule has 1 rings (SSSR count). The van der Waals surface area contributed by atoms with Gasteiger partial charge < -0.3 is 5.32 Å². The van der Waals surface area contributed by atoms with Gasteiger partial charge in [-0.3, -0.25) is 9.59 Å². The molecule has 0 aliphatic carbocycles. The van der Waals surface area contributed by atoms with Crippen molar-refractivity contribution in [3.8, 4) is 0 Å². The summed E-state index contributed by atoms with van der Waals surface area (Å²) in [5, 5.41) is 17.0. The third kappa shape index (κ3) is 16.8. The molecule has 2 N–H and O–H groups in total. The van der Waals surface area contributed by atoms with Crippen molar-refractivity contribution >= 4 is 11.7 Å². The Morgan fingerprint density at radius 3 is 1.91 bits per heavy atom. The topological polar surface area (TPSA) is 101 Å². The number of amides is 1. The molecule has 0 aromatic carbocycles. The average molecular weight is 450 g/mol. The van der Waals surface area contributed by atoms with Gasteiger partial charge >= 0.3 is 0 Å². The van der Waals surface area contributed by atoms with Crippen molar-refractivity contribution in [1.29, 1.82) is 0 Å². The number of Topliss-reactive ketones (excluding diaryl/α,β-unsaturated/α-hetero) is 1. The first-order chi connectivity index (χ1) is 15.6. The highest BCUT2D eigenvalue weighted by Crippen LogP contribution is 2.13. The van der Waals surface area contributed by atoms with Gasteiger partial charge in [0.15, 0.2) is 5.82 Å². The number of ketones is 1. The maximum absolute atomic E-state index is 11.8. The number of hydrogen-bond acceptors (Lipinski definition) is 5. The second-order valence-corrected chi connectivity index (χ2v) is 9.28. The van der Waals surface area contributed by atoms with E-state index in [1.165, 1.54) is 64.2 Å². The molecule has 7 heteroatoms. The summed E-state index contributed by atoms with van der Waals surface area (Å²) in [7, 11) is 0. The summed E-state index contributed by atoms with van der Waals surface area (Å²) in [6.45, 7) is 4.37. The van der Waals surface area contributed by atoms with Crippen molar-refractivity contribution in [2.75, 3.05) is 6.54 Å². The number of unbranched alkanes of at least 4 members (excludes halogenated alkanes) is 13. The van der Waals surface area contributed by atoms with E-state index in [4.69, 9.17) is 0 Å². The molecule has 1 amide bonds. The molecule has 0 saturated heterocycles. The molecule has 1 atom stereocenters. The van der Waals surface area contributed by atoms with Crippen LogP contribution in [0.1, 0.15) is 129 Å². The number of aromatic nitrogens is 4. The van der Waals surface area contributed by atoms with Crippen LogP contribution in [0.3, 0.4) is 0 Å². The first-order valence-electron chi connectivity index (χ1n) is 13.1. The van der Waals surface area contributed by atoms with Gasteiger partial charge in [0.2, 0.25) is 5.91 Å². The standard InChI is InChI=1S/C25H47N5O2/c1-22(23(2)31)18-16-17-21-26-25(32)20-15-13-11-9-7-5-3-4-6-8-10-12-14-19-24-27-29-30-28-24/h22H,3-21H2,1-2H3,(H,26,32)(H,27,28,29,30)/t22-/m0/s1. The van der Waals surface area contributed by atoms with Gasteiger partial charge in [0, 0.05) is 25.3 Å². The third-order valence-electron chi connectivity index (χ3n) is 6.27. The van der Waals surface area contributed by atoms with Gasteiger partial charge in [-0.1, -0.05) is 89.2 Å². The number of rotatable bonds is 22. The van der Waals surface area contributed by atoms with Gasteiger partial charge in [-0.25, -0.2) is 0 Å². The fourth-order valence-corrected chi connectivity index (χ4v) is 3.90. The van der Waals surface area contributed by atoms with E-state index in [0.29, 0.717) is 6.42 Å². The molecule has 0 bridgehead atoms. The van der Waals surface area contributed by atoms with Gasteiger partial charge in [-0.15, -0.1) is 10.2 Å². The van der Waals surface area contributed by atoms with Crippen LogP contribution in [0.15, 0.2) is 0 Å². The van der Waals surface area contributed by atoms with Crippen LogP contribution in [0.2, 0.25) is 0 Å². The van der Waals surface area contributed by atoms with Crippen LogP contribution in [-0.4, -0.2) is 38.9 Å². The molecule has 0 spiro atoms. The van der Waals surface area contributed by atoms with Gasteiger partial charge in [0.25, 0.3) is 0 Å². The number of carbonyl (C=O) groups is 2. The molecule has 1 aromatic rings. The maximum atomic E-state index is 11.8. The monoisotopic (exact) mass is 449 g/mol. The van der Waals surface area contributed by atoms with E-state index >= 15 is 0 Å². The van der Waals surface area contributed by atoms with Crippen LogP contribution >= 0.6 is 0 Å². The second kappa shape index (κ2) is 19.9. The minimum atomic E-state index is 0.149. The highest BCUT2D eigenvalue weighted by Gasteiger charge is 2.07. The lowest BCUT2D eigenvalue weighted by atomic mass is 10.0. The van der Waals surface area contributed by atoms with Gasteiger partial charge in [-0.05, 0) is 32.6 Å². The number of tetrazole rings is 1. The van der Waals surface area contributed by atoms with E-state index in [2.05, 4.69) is 25.9 Å². The lowest BCUT2D eigenvalue weighted by molar-refractivity contribution is -0.122. The molecule has 1 aromatic heterocycles. The van der Waals surface area contributed by atoms with Crippen molar-refractivity contribution in [1.82, 2.24) is 25.9 Å². The van der Waals surface area contributed by atoms with Crippen molar-refractivity contribution < 1.29 is 9.59 Å². The van der Waals surface area contributed by atoms with Gasteiger partial charge in [-0.2, -0.15) is 5.21 Å². The minimum Gasteiger partial charge on any atom is -0.356 e. The number of carbonyl (C=O) groups excluding carboxylic acids is 2. The lowest BCUT2D eigenvalue weighted by Gasteiger charge is -2.08. The van der Waals surface area contributed by atoms with Gasteiger partial charge in [0.1, 0.15) is 5.78 Å². The van der Waals surface area contributed by atoms with Crippen LogP contribution < -0.4 is 5.32 Å². The summed E-state index contributed by atoms with van der Waals surface area (Å²) in [5.41, 5.74) is 0. The molecular formula is C25H47N5O2. The van der Waals surface area contributed by atoms with Crippen molar-refractivity contribution in [3.63, 3.8) is 0 Å². The minimum absolute atomic E-state index is 0.149. The first kappa shape index (κ1) is 28.2. The van der Waals surface area contributed by atoms with Crippen molar-refractivity contribution in [2.45, 2.75) is 129 Å². The Labute approximate surface area is 195 Å². The fourth-order valence-electron chi connectivity index (χ4n) is 3.90. The summed E-state index contributed by atoms with van der Waals surface area (Å²) < 4.78 is 0. The van der Waals surface area contributed by atoms with E-state index in [1.807, 2.05) is 6.92 Å². The third-order valence-corrected chi connectivity index (χ3v) is 6.27. The number of hydrogen-bond donors (Lipinski definition) is 2. The number of nitrogens with zero attached hydrogens (tertiary/aromatic N) is 3. The quantitative estimate of drug-likeness (QED) is 0.221. The molecular weight excluding hydrogens is 402 g/mol. The SMILES string of the molecule is CC(=O)[C@@H](C)CCCCNC(=O)CCCCCCCCCCCCCCCc1nn[nH]n1. The maximum Gasteiger partial charge on any atom is 0.219 e. The van der Waals surface area contributed by atoms with Crippen LogP contribution in [0, 0.1) is 5.92 Å². The van der Waals surface area contributed by atoms with E-state index in [1.54, 1.807) is 6.92 Å². The van der Waals surface area contributed by atoms with Crippen LogP contribution in [-0.2, 0) is 16.0 Å². The smallest absolute Gasteiger partial charge is 0.219 e. The molecule has 0 saturated carbocycles. The first-order valence-corrected chi connectivity index (χ1v) is 13.1. The fraction of sp³-hybridized carbons (Fsp3) is 0.880. The van der Waals surface area contributed by atoms with E-state index in [0.717, 1.165) is 57.3 Å². The van der Waals surface area contributed by atoms with E-state index in [9.17, 15) is 9.59 Å². The highest BCUT2D eigenvalue weighted by atomic mass is 16.1. The van der Waals surface area contributed by atoms with Crippen LogP contribution in [0.4, 0.5) is 0 Å². The number of aryl methyl sites for hydroxylation is 1. The summed E-state index contributed by atoms with van der Waals surface area (Å²) in [6, 6.07) is 0. The molecule has 32 heavy (non-hydrogen) atoms. The molecule has 0 aliphatic rings. The average Bonchev–Trinajstić information content (AvgIpc) is 3.29. The summed E-state index contributed by atoms with van der Waals surface area (Å²) in [4.78, 5) is 23.0. The van der Waals surface area contributed by atoms with E-state index < -0.39 is 0 Å². The Hall–Kier alpha value is -1.79. The predicted octanol–water partition coefficient (Wildman–Crippen LogP) is 5.72. The molecule has 0 fully saturated rings. The Kier molecular flexibility index (Phi) is 17.5. The summed E-state index contributed by atoms with van der Waals surface area (Å²) in [5.74, 6) is 1.42. The molecule has 0 unspecified atom stereocenters.